The first-order valence-corrected chi connectivity index (χ1v) is 4.00. The highest BCUT2D eigenvalue weighted by Gasteiger charge is 2.03. The Morgan fingerprint density at radius 2 is 2.17 bits per heavy atom. The molecule has 2 rings (SSSR count). The summed E-state index contributed by atoms with van der Waals surface area (Å²) in [5.74, 6) is 0.234. The van der Waals surface area contributed by atoms with Gasteiger partial charge in [0.2, 0.25) is 0 Å². The molecule has 0 saturated carbocycles. The van der Waals surface area contributed by atoms with E-state index in [9.17, 15) is 5.11 Å². The molecule has 0 saturated heterocycles. The molecule has 62 valence electrons. The zero-order valence-corrected chi connectivity index (χ0v) is 7.34. The lowest BCUT2D eigenvalue weighted by molar-refractivity contribution is 0.481. The highest BCUT2D eigenvalue weighted by molar-refractivity contribution is 6.31. The number of phenolic OH excluding ortho intramolecular Hbond substituents is 1. The fraction of sp³-hybridized carbons (Fsp3) is 0.111. The smallest absolute Gasteiger partial charge is 0.126 e. The van der Waals surface area contributed by atoms with Crippen molar-refractivity contribution in [1.82, 2.24) is 4.57 Å². The summed E-state index contributed by atoms with van der Waals surface area (Å²) < 4.78 is 1.92. The van der Waals surface area contributed by atoms with E-state index in [1.165, 1.54) is 0 Å². The van der Waals surface area contributed by atoms with Gasteiger partial charge in [-0.25, -0.2) is 0 Å². The van der Waals surface area contributed by atoms with Crippen molar-refractivity contribution in [3.63, 3.8) is 0 Å². The standard InChI is InChI=1S/C9H8ClNO/c1-11-3-2-7-8(11)4-6(10)5-9(7)12/h2-5,12H,1H3. The molecule has 2 aromatic rings. The normalized spacial score (nSPS) is 10.8. The van der Waals surface area contributed by atoms with Crippen molar-refractivity contribution in [2.75, 3.05) is 0 Å². The second kappa shape index (κ2) is 2.42. The average molecular weight is 182 g/mol. The number of phenols is 1. The van der Waals surface area contributed by atoms with E-state index >= 15 is 0 Å². The maximum atomic E-state index is 9.47. The number of aromatic hydroxyl groups is 1. The van der Waals surface area contributed by atoms with Crippen LogP contribution < -0.4 is 0 Å². The quantitative estimate of drug-likeness (QED) is 0.664. The average Bonchev–Trinajstić information content (AvgIpc) is 2.33. The molecule has 0 aliphatic heterocycles. The molecule has 0 bridgehead atoms. The van der Waals surface area contributed by atoms with Crippen LogP contribution in [0.25, 0.3) is 10.9 Å². The molecule has 0 spiro atoms. The van der Waals surface area contributed by atoms with Gasteiger partial charge in [0.25, 0.3) is 0 Å². The van der Waals surface area contributed by atoms with Gasteiger partial charge in [-0.3, -0.25) is 0 Å². The summed E-state index contributed by atoms with van der Waals surface area (Å²) >= 11 is 5.78. The summed E-state index contributed by atoms with van der Waals surface area (Å²) in [4.78, 5) is 0. The Hall–Kier alpha value is -1.15. The first-order chi connectivity index (χ1) is 5.68. The van der Waals surface area contributed by atoms with E-state index in [1.54, 1.807) is 6.07 Å². The Morgan fingerprint density at radius 3 is 2.92 bits per heavy atom. The number of hydrogen-bond donors (Lipinski definition) is 1. The lowest BCUT2D eigenvalue weighted by atomic mass is 10.2. The maximum absolute atomic E-state index is 9.47. The molecule has 12 heavy (non-hydrogen) atoms. The van der Waals surface area contributed by atoms with Crippen molar-refractivity contribution in [2.45, 2.75) is 0 Å². The van der Waals surface area contributed by atoms with Crippen molar-refractivity contribution in [3.05, 3.63) is 29.4 Å². The lowest BCUT2D eigenvalue weighted by Crippen LogP contribution is -1.82. The molecule has 0 radical (unpaired) electrons. The monoisotopic (exact) mass is 181 g/mol. The van der Waals surface area contributed by atoms with E-state index in [0.29, 0.717) is 5.02 Å². The van der Waals surface area contributed by atoms with E-state index in [4.69, 9.17) is 11.6 Å². The van der Waals surface area contributed by atoms with Crippen LogP contribution >= 0.6 is 11.6 Å². The van der Waals surface area contributed by atoms with Gasteiger partial charge in [-0.1, -0.05) is 11.6 Å². The van der Waals surface area contributed by atoms with Gasteiger partial charge in [0, 0.05) is 23.7 Å². The minimum atomic E-state index is 0.234. The fourth-order valence-corrected chi connectivity index (χ4v) is 1.53. The molecule has 1 aromatic heterocycles. The zero-order chi connectivity index (χ0) is 8.72. The van der Waals surface area contributed by atoms with Crippen molar-refractivity contribution in [1.29, 1.82) is 0 Å². The van der Waals surface area contributed by atoms with Crippen LogP contribution in [0.15, 0.2) is 24.4 Å². The molecule has 3 heteroatoms. The number of aromatic nitrogens is 1. The summed E-state index contributed by atoms with van der Waals surface area (Å²) in [5.41, 5.74) is 0.944. The van der Waals surface area contributed by atoms with Crippen LogP contribution in [0.2, 0.25) is 5.02 Å². The van der Waals surface area contributed by atoms with Crippen molar-refractivity contribution >= 4 is 22.5 Å². The van der Waals surface area contributed by atoms with E-state index in [0.717, 1.165) is 10.9 Å². The molecule has 0 aliphatic rings. The molecule has 0 fully saturated rings. The number of nitrogens with zero attached hydrogens (tertiary/aromatic N) is 1. The summed E-state index contributed by atoms with van der Waals surface area (Å²) in [6.07, 6.45) is 1.89. The Balaban J connectivity index is 2.92. The third-order valence-electron chi connectivity index (χ3n) is 1.95. The zero-order valence-electron chi connectivity index (χ0n) is 6.58. The number of aryl methyl sites for hydroxylation is 1. The second-order valence-electron chi connectivity index (χ2n) is 2.78. The first kappa shape index (κ1) is 7.50. The van der Waals surface area contributed by atoms with Gasteiger partial charge in [0.1, 0.15) is 5.75 Å². The summed E-state index contributed by atoms with van der Waals surface area (Å²) in [6.45, 7) is 0. The van der Waals surface area contributed by atoms with Gasteiger partial charge in [-0.2, -0.15) is 0 Å². The van der Waals surface area contributed by atoms with Crippen LogP contribution in [0.5, 0.6) is 5.75 Å². The third kappa shape index (κ3) is 0.959. The van der Waals surface area contributed by atoms with Gasteiger partial charge < -0.3 is 9.67 Å². The molecule has 1 aromatic carbocycles. The molecule has 2 nitrogen and oxygen atoms in total. The van der Waals surface area contributed by atoms with E-state index in [-0.39, 0.29) is 5.75 Å². The predicted octanol–water partition coefficient (Wildman–Crippen LogP) is 2.54. The minimum Gasteiger partial charge on any atom is -0.507 e. The maximum Gasteiger partial charge on any atom is 0.126 e. The van der Waals surface area contributed by atoms with Gasteiger partial charge in [0.15, 0.2) is 0 Å². The van der Waals surface area contributed by atoms with E-state index < -0.39 is 0 Å². The van der Waals surface area contributed by atoms with E-state index in [1.807, 2.05) is 29.9 Å². The molecule has 0 unspecified atom stereocenters. The fourth-order valence-electron chi connectivity index (χ4n) is 1.32. The molecule has 0 aliphatic carbocycles. The molecular formula is C9H8ClNO. The Morgan fingerprint density at radius 1 is 1.42 bits per heavy atom. The Kier molecular flexibility index (Phi) is 1.51. The number of benzene rings is 1. The van der Waals surface area contributed by atoms with Crippen LogP contribution in [0.3, 0.4) is 0 Å². The molecule has 0 atom stereocenters. The predicted molar refractivity (Wildman–Crippen MR) is 49.6 cm³/mol. The van der Waals surface area contributed by atoms with Gasteiger partial charge in [-0.05, 0) is 18.2 Å². The number of hydrogen-bond acceptors (Lipinski definition) is 1. The molecule has 0 amide bonds. The van der Waals surface area contributed by atoms with Crippen LogP contribution in [0.4, 0.5) is 0 Å². The van der Waals surface area contributed by atoms with Gasteiger partial charge in [-0.15, -0.1) is 0 Å². The topological polar surface area (TPSA) is 25.2 Å². The highest BCUT2D eigenvalue weighted by atomic mass is 35.5. The summed E-state index contributed by atoms with van der Waals surface area (Å²) in [5, 5.41) is 10.9. The van der Waals surface area contributed by atoms with Crippen LogP contribution in [-0.4, -0.2) is 9.67 Å². The SMILES string of the molecule is Cn1ccc2c(O)cc(Cl)cc21. The summed E-state index contributed by atoms with van der Waals surface area (Å²) in [6, 6.07) is 5.24. The lowest BCUT2D eigenvalue weighted by Gasteiger charge is -1.98. The molecule has 1 heterocycles. The van der Waals surface area contributed by atoms with Gasteiger partial charge >= 0.3 is 0 Å². The van der Waals surface area contributed by atoms with Crippen molar-refractivity contribution in [3.8, 4) is 5.75 Å². The minimum absolute atomic E-state index is 0.234. The van der Waals surface area contributed by atoms with Crippen molar-refractivity contribution in [2.24, 2.45) is 7.05 Å². The third-order valence-corrected chi connectivity index (χ3v) is 2.16. The van der Waals surface area contributed by atoms with E-state index in [2.05, 4.69) is 0 Å². The Bertz CT molecular complexity index is 433. The Labute approximate surface area is 75.0 Å². The molecule has 1 N–H and O–H groups in total. The highest BCUT2D eigenvalue weighted by Crippen LogP contribution is 2.28. The number of halogens is 1. The second-order valence-corrected chi connectivity index (χ2v) is 3.22. The first-order valence-electron chi connectivity index (χ1n) is 3.62. The largest absolute Gasteiger partial charge is 0.507 e. The summed E-state index contributed by atoms with van der Waals surface area (Å²) in [7, 11) is 1.91. The van der Waals surface area contributed by atoms with Crippen LogP contribution in [0, 0.1) is 0 Å². The number of rotatable bonds is 0. The van der Waals surface area contributed by atoms with Gasteiger partial charge in [0.05, 0.1) is 5.52 Å². The molecular weight excluding hydrogens is 174 g/mol. The van der Waals surface area contributed by atoms with Crippen LogP contribution in [0.1, 0.15) is 0 Å². The van der Waals surface area contributed by atoms with Crippen LogP contribution in [-0.2, 0) is 7.05 Å². The van der Waals surface area contributed by atoms with Crippen molar-refractivity contribution < 1.29 is 5.11 Å². The number of fused-ring (bicyclic) bond motifs is 1.